The quantitative estimate of drug-likeness (QED) is 0.568. The zero-order valence-corrected chi connectivity index (χ0v) is 16.8. The second-order valence-corrected chi connectivity index (χ2v) is 7.11. The van der Waals surface area contributed by atoms with Crippen LogP contribution in [-0.4, -0.2) is 16.9 Å². The van der Waals surface area contributed by atoms with Gasteiger partial charge in [-0.15, -0.1) is 0 Å². The summed E-state index contributed by atoms with van der Waals surface area (Å²) in [5, 5.41) is 15.9. The number of hydrogen-bond acceptors (Lipinski definition) is 3. The van der Waals surface area contributed by atoms with Crippen molar-refractivity contribution in [3.63, 3.8) is 0 Å². The summed E-state index contributed by atoms with van der Waals surface area (Å²) >= 11 is 6.31. The standard InChI is InChI=1S/C23H21ClN2O3/c1-14-8-7-9-15(2)20(14)25-23(29)21(16-10-3-5-12-18(16)24)26-22(28)17-11-4-6-13-19(17)27/h3-13,21,27H,1-2H3,(H,25,29)(H,26,28). The first-order valence-electron chi connectivity index (χ1n) is 9.09. The third-order valence-corrected chi connectivity index (χ3v) is 4.98. The van der Waals surface area contributed by atoms with E-state index in [0.717, 1.165) is 11.1 Å². The number of rotatable bonds is 5. The molecule has 1 unspecified atom stereocenters. The molecule has 0 aliphatic heterocycles. The third-order valence-electron chi connectivity index (χ3n) is 4.63. The van der Waals surface area contributed by atoms with Crippen molar-refractivity contribution in [2.24, 2.45) is 0 Å². The fourth-order valence-corrected chi connectivity index (χ4v) is 3.32. The average Bonchev–Trinajstić information content (AvgIpc) is 2.70. The van der Waals surface area contributed by atoms with Gasteiger partial charge in [-0.05, 0) is 43.2 Å². The van der Waals surface area contributed by atoms with E-state index in [-0.39, 0.29) is 11.3 Å². The highest BCUT2D eigenvalue weighted by Crippen LogP contribution is 2.27. The predicted octanol–water partition coefficient (Wildman–Crippen LogP) is 4.77. The van der Waals surface area contributed by atoms with Crippen LogP contribution >= 0.6 is 11.6 Å². The maximum atomic E-state index is 13.2. The van der Waals surface area contributed by atoms with Crippen molar-refractivity contribution in [1.82, 2.24) is 5.32 Å². The first-order chi connectivity index (χ1) is 13.9. The summed E-state index contributed by atoms with van der Waals surface area (Å²) in [4.78, 5) is 25.9. The van der Waals surface area contributed by atoms with Crippen molar-refractivity contribution in [2.75, 3.05) is 5.32 Å². The largest absolute Gasteiger partial charge is 0.507 e. The summed E-state index contributed by atoms with van der Waals surface area (Å²) in [5.74, 6) is -1.18. The molecule has 0 saturated carbocycles. The second-order valence-electron chi connectivity index (χ2n) is 6.70. The third kappa shape index (κ3) is 4.58. The number of para-hydroxylation sites is 2. The maximum absolute atomic E-state index is 13.2. The molecule has 1 atom stereocenters. The summed E-state index contributed by atoms with van der Waals surface area (Å²) in [5.41, 5.74) is 3.03. The van der Waals surface area contributed by atoms with Crippen molar-refractivity contribution >= 4 is 29.1 Å². The molecule has 6 heteroatoms. The van der Waals surface area contributed by atoms with Crippen LogP contribution < -0.4 is 10.6 Å². The van der Waals surface area contributed by atoms with Crippen molar-refractivity contribution < 1.29 is 14.7 Å². The number of amides is 2. The first kappa shape index (κ1) is 20.4. The Bertz CT molecular complexity index is 1050. The Balaban J connectivity index is 1.95. The van der Waals surface area contributed by atoms with Crippen LogP contribution in [0.25, 0.3) is 0 Å². The lowest BCUT2D eigenvalue weighted by molar-refractivity contribution is -0.118. The topological polar surface area (TPSA) is 78.4 Å². The summed E-state index contributed by atoms with van der Waals surface area (Å²) < 4.78 is 0. The molecule has 5 nitrogen and oxygen atoms in total. The van der Waals surface area contributed by atoms with Crippen molar-refractivity contribution in [3.8, 4) is 5.75 Å². The number of benzene rings is 3. The highest BCUT2D eigenvalue weighted by atomic mass is 35.5. The Labute approximate surface area is 174 Å². The molecule has 148 valence electrons. The molecule has 0 bridgehead atoms. The normalized spacial score (nSPS) is 11.6. The monoisotopic (exact) mass is 408 g/mol. The molecule has 3 aromatic rings. The van der Waals surface area contributed by atoms with Gasteiger partial charge in [0.2, 0.25) is 0 Å². The molecule has 2 amide bonds. The van der Waals surface area contributed by atoms with E-state index in [1.54, 1.807) is 36.4 Å². The number of carbonyl (C=O) groups is 2. The highest BCUT2D eigenvalue weighted by Gasteiger charge is 2.27. The zero-order chi connectivity index (χ0) is 21.0. The molecule has 0 aliphatic rings. The molecule has 0 fully saturated rings. The summed E-state index contributed by atoms with van der Waals surface area (Å²) in [6.45, 7) is 3.79. The second kappa shape index (κ2) is 8.80. The number of aryl methyl sites for hydroxylation is 2. The van der Waals surface area contributed by atoms with Crippen LogP contribution in [0.4, 0.5) is 5.69 Å². The van der Waals surface area contributed by atoms with Gasteiger partial charge in [-0.25, -0.2) is 0 Å². The minimum atomic E-state index is -1.05. The number of anilines is 1. The molecule has 3 N–H and O–H groups in total. The van der Waals surface area contributed by atoms with E-state index in [1.807, 2.05) is 32.0 Å². The average molecular weight is 409 g/mol. The fraction of sp³-hybridized carbons (Fsp3) is 0.130. The van der Waals surface area contributed by atoms with Crippen LogP contribution in [0.1, 0.15) is 33.1 Å². The Kier molecular flexibility index (Phi) is 6.20. The minimum Gasteiger partial charge on any atom is -0.507 e. The van der Waals surface area contributed by atoms with Crippen molar-refractivity contribution in [1.29, 1.82) is 0 Å². The zero-order valence-electron chi connectivity index (χ0n) is 16.1. The summed E-state index contributed by atoms with van der Waals surface area (Å²) in [6.07, 6.45) is 0. The van der Waals surface area contributed by atoms with Gasteiger partial charge in [0, 0.05) is 16.3 Å². The van der Waals surface area contributed by atoms with E-state index in [1.165, 1.54) is 12.1 Å². The molecular formula is C23H21ClN2O3. The molecule has 0 radical (unpaired) electrons. The van der Waals surface area contributed by atoms with Crippen molar-refractivity contribution in [3.05, 3.63) is 94.0 Å². The minimum absolute atomic E-state index is 0.0735. The number of phenolic OH excluding ortho intramolecular Hbond substituents is 1. The smallest absolute Gasteiger partial charge is 0.255 e. The van der Waals surface area contributed by atoms with Crippen LogP contribution in [0.15, 0.2) is 66.7 Å². The Morgan fingerprint density at radius 2 is 1.52 bits per heavy atom. The SMILES string of the molecule is Cc1cccc(C)c1NC(=O)C(NC(=O)c1ccccc1O)c1ccccc1Cl. The van der Waals surface area contributed by atoms with Gasteiger partial charge in [-0.2, -0.15) is 0 Å². The summed E-state index contributed by atoms with van der Waals surface area (Å²) in [7, 11) is 0. The van der Waals surface area contributed by atoms with Gasteiger partial charge in [0.25, 0.3) is 11.8 Å². The molecule has 0 saturated heterocycles. The number of hydrogen-bond donors (Lipinski definition) is 3. The van der Waals surface area contributed by atoms with E-state index in [9.17, 15) is 14.7 Å². The molecular weight excluding hydrogens is 388 g/mol. The molecule has 0 aromatic heterocycles. The predicted molar refractivity (Wildman–Crippen MR) is 114 cm³/mol. The van der Waals surface area contributed by atoms with Crippen LogP contribution in [0.5, 0.6) is 5.75 Å². The summed E-state index contributed by atoms with van der Waals surface area (Å²) in [6, 6.07) is 17.6. The van der Waals surface area contributed by atoms with Gasteiger partial charge in [0.15, 0.2) is 0 Å². The Morgan fingerprint density at radius 3 is 2.17 bits per heavy atom. The van der Waals surface area contributed by atoms with Gasteiger partial charge in [-0.3, -0.25) is 9.59 Å². The Morgan fingerprint density at radius 1 is 0.897 bits per heavy atom. The van der Waals surface area contributed by atoms with Crippen LogP contribution in [0.3, 0.4) is 0 Å². The fourth-order valence-electron chi connectivity index (χ4n) is 3.08. The van der Waals surface area contributed by atoms with E-state index in [4.69, 9.17) is 11.6 Å². The number of halogens is 1. The molecule has 29 heavy (non-hydrogen) atoms. The van der Waals surface area contributed by atoms with E-state index < -0.39 is 17.9 Å². The molecule has 0 aliphatic carbocycles. The Hall–Kier alpha value is -3.31. The van der Waals surface area contributed by atoms with E-state index >= 15 is 0 Å². The van der Waals surface area contributed by atoms with Crippen molar-refractivity contribution in [2.45, 2.75) is 19.9 Å². The van der Waals surface area contributed by atoms with Gasteiger partial charge in [0.1, 0.15) is 11.8 Å². The van der Waals surface area contributed by atoms with Gasteiger partial charge in [-0.1, -0.05) is 60.1 Å². The maximum Gasteiger partial charge on any atom is 0.255 e. The lowest BCUT2D eigenvalue weighted by Gasteiger charge is -2.21. The first-order valence-corrected chi connectivity index (χ1v) is 9.46. The highest BCUT2D eigenvalue weighted by molar-refractivity contribution is 6.31. The van der Waals surface area contributed by atoms with Crippen LogP contribution in [0, 0.1) is 13.8 Å². The van der Waals surface area contributed by atoms with E-state index in [0.29, 0.717) is 16.3 Å². The molecule has 3 aromatic carbocycles. The van der Waals surface area contributed by atoms with Gasteiger partial charge < -0.3 is 15.7 Å². The molecule has 3 rings (SSSR count). The van der Waals surface area contributed by atoms with Gasteiger partial charge >= 0.3 is 0 Å². The number of nitrogens with one attached hydrogen (secondary N) is 2. The lowest BCUT2D eigenvalue weighted by Crippen LogP contribution is -2.37. The lowest BCUT2D eigenvalue weighted by atomic mass is 10.0. The van der Waals surface area contributed by atoms with E-state index in [2.05, 4.69) is 10.6 Å². The number of aromatic hydroxyl groups is 1. The molecule has 0 spiro atoms. The van der Waals surface area contributed by atoms with Crippen LogP contribution in [0.2, 0.25) is 5.02 Å². The number of phenols is 1. The van der Waals surface area contributed by atoms with Gasteiger partial charge in [0.05, 0.1) is 5.56 Å². The van der Waals surface area contributed by atoms with Crippen LogP contribution in [-0.2, 0) is 4.79 Å². The number of carbonyl (C=O) groups excluding carboxylic acids is 2. The molecule has 0 heterocycles.